The Morgan fingerprint density at radius 2 is 1.90 bits per heavy atom. The number of methoxy groups -OCH3 is 2. The standard InChI is InChI=1S/C19H23N3O6S/c1-10-17-13(11-6-14(27-2)18(24)15(7-11)28-3)8-16(23)20-19(17)22(21-10)12-4-5-29(25,26)9-12/h6-7,12-13,24H,4-5,8-9H2,1-3H3,(H,20,23)/t12-,13+/m1/s1. The summed E-state index contributed by atoms with van der Waals surface area (Å²) in [5, 5.41) is 17.7. The zero-order chi connectivity index (χ0) is 20.9. The highest BCUT2D eigenvalue weighted by Crippen LogP contribution is 2.45. The van der Waals surface area contributed by atoms with E-state index in [4.69, 9.17) is 9.47 Å². The molecule has 0 aliphatic carbocycles. The third-order valence-corrected chi connectivity index (χ3v) is 7.34. The summed E-state index contributed by atoms with van der Waals surface area (Å²) in [7, 11) is -0.206. The number of carbonyl (C=O) groups is 1. The molecular formula is C19H23N3O6S. The van der Waals surface area contributed by atoms with Crippen molar-refractivity contribution in [3.05, 3.63) is 29.0 Å². The molecular weight excluding hydrogens is 398 g/mol. The molecule has 2 atom stereocenters. The second-order valence-corrected chi connectivity index (χ2v) is 9.66. The summed E-state index contributed by atoms with van der Waals surface area (Å²) in [6.45, 7) is 1.85. The normalized spacial score (nSPS) is 22.8. The minimum absolute atomic E-state index is 0.0158. The van der Waals surface area contributed by atoms with Gasteiger partial charge >= 0.3 is 0 Å². The van der Waals surface area contributed by atoms with Gasteiger partial charge < -0.3 is 19.9 Å². The van der Waals surface area contributed by atoms with Gasteiger partial charge in [-0.2, -0.15) is 5.10 Å². The van der Waals surface area contributed by atoms with Crippen LogP contribution in [0.1, 0.15) is 41.6 Å². The van der Waals surface area contributed by atoms with Crippen LogP contribution in [0.3, 0.4) is 0 Å². The second-order valence-electron chi connectivity index (χ2n) is 7.43. The molecule has 2 aliphatic rings. The van der Waals surface area contributed by atoms with Crippen LogP contribution in [0, 0.1) is 6.92 Å². The average molecular weight is 421 g/mol. The first-order chi connectivity index (χ1) is 13.7. The summed E-state index contributed by atoms with van der Waals surface area (Å²) in [6, 6.07) is 3.06. The molecule has 9 nitrogen and oxygen atoms in total. The van der Waals surface area contributed by atoms with Crippen LogP contribution < -0.4 is 14.8 Å². The number of aromatic nitrogens is 2. The van der Waals surface area contributed by atoms with Gasteiger partial charge in [0, 0.05) is 17.9 Å². The summed E-state index contributed by atoms with van der Waals surface area (Å²) in [5.41, 5.74) is 2.30. The van der Waals surface area contributed by atoms with Crippen LogP contribution in [0.25, 0.3) is 0 Å². The van der Waals surface area contributed by atoms with Crippen molar-refractivity contribution in [3.63, 3.8) is 0 Å². The first kappa shape index (κ1) is 19.6. The molecule has 1 aromatic carbocycles. The molecule has 0 bridgehead atoms. The minimum Gasteiger partial charge on any atom is -0.502 e. The number of amides is 1. The van der Waals surface area contributed by atoms with Crippen LogP contribution in [-0.2, 0) is 14.6 Å². The molecule has 0 saturated carbocycles. The second kappa shape index (κ2) is 6.94. The lowest BCUT2D eigenvalue weighted by Gasteiger charge is -2.26. The lowest BCUT2D eigenvalue weighted by molar-refractivity contribution is -0.116. The van der Waals surface area contributed by atoms with E-state index >= 15 is 0 Å². The van der Waals surface area contributed by atoms with Gasteiger partial charge in [0.15, 0.2) is 21.3 Å². The first-order valence-electron chi connectivity index (χ1n) is 9.28. The number of rotatable bonds is 4. The van der Waals surface area contributed by atoms with E-state index in [9.17, 15) is 18.3 Å². The third kappa shape index (κ3) is 3.31. The van der Waals surface area contributed by atoms with E-state index in [1.54, 1.807) is 16.8 Å². The molecule has 2 N–H and O–H groups in total. The van der Waals surface area contributed by atoms with Crippen molar-refractivity contribution in [1.82, 2.24) is 9.78 Å². The quantitative estimate of drug-likeness (QED) is 0.772. The number of sulfone groups is 1. The number of aromatic hydroxyl groups is 1. The summed E-state index contributed by atoms with van der Waals surface area (Å²) in [5.74, 6) is 0.554. The number of fused-ring (bicyclic) bond motifs is 1. The fraction of sp³-hybridized carbons (Fsp3) is 0.474. The van der Waals surface area contributed by atoms with E-state index in [1.165, 1.54) is 14.2 Å². The van der Waals surface area contributed by atoms with Crippen LogP contribution in [0.4, 0.5) is 5.82 Å². The average Bonchev–Trinajstić information content (AvgIpc) is 3.20. The fourth-order valence-corrected chi connectivity index (χ4v) is 5.90. The summed E-state index contributed by atoms with van der Waals surface area (Å²) >= 11 is 0. The Morgan fingerprint density at radius 1 is 1.24 bits per heavy atom. The fourth-order valence-electron chi connectivity index (χ4n) is 4.20. The molecule has 0 unspecified atom stereocenters. The number of hydrogen-bond acceptors (Lipinski definition) is 7. The Morgan fingerprint density at radius 3 is 2.45 bits per heavy atom. The van der Waals surface area contributed by atoms with Crippen molar-refractivity contribution in [2.45, 2.75) is 31.7 Å². The maximum absolute atomic E-state index is 12.5. The van der Waals surface area contributed by atoms with Crippen molar-refractivity contribution in [3.8, 4) is 17.2 Å². The van der Waals surface area contributed by atoms with Crippen molar-refractivity contribution >= 4 is 21.6 Å². The van der Waals surface area contributed by atoms with Gasteiger partial charge in [0.2, 0.25) is 11.7 Å². The van der Waals surface area contributed by atoms with Gasteiger partial charge in [0.05, 0.1) is 37.5 Å². The third-order valence-electron chi connectivity index (χ3n) is 5.59. The highest BCUT2D eigenvalue weighted by Gasteiger charge is 2.37. The van der Waals surface area contributed by atoms with E-state index in [0.717, 1.165) is 16.8 Å². The van der Waals surface area contributed by atoms with Gasteiger partial charge in [-0.3, -0.25) is 4.79 Å². The van der Waals surface area contributed by atoms with E-state index in [-0.39, 0.29) is 53.0 Å². The van der Waals surface area contributed by atoms with Gasteiger partial charge in [-0.25, -0.2) is 13.1 Å². The molecule has 2 aliphatic heterocycles. The molecule has 0 radical (unpaired) electrons. The summed E-state index contributed by atoms with van der Waals surface area (Å²) in [6.07, 6.45) is 0.664. The smallest absolute Gasteiger partial charge is 0.226 e. The van der Waals surface area contributed by atoms with Crippen LogP contribution in [0.5, 0.6) is 17.2 Å². The number of nitrogens with zero attached hydrogens (tertiary/aromatic N) is 2. The van der Waals surface area contributed by atoms with E-state index in [2.05, 4.69) is 10.4 Å². The molecule has 1 saturated heterocycles. The van der Waals surface area contributed by atoms with E-state index in [0.29, 0.717) is 12.2 Å². The number of phenolic OH excluding ortho intramolecular Hbond substituents is 1. The number of hydrogen-bond donors (Lipinski definition) is 2. The van der Waals surface area contributed by atoms with Gasteiger partial charge in [-0.05, 0) is 31.0 Å². The number of nitrogens with one attached hydrogen (secondary N) is 1. The van der Waals surface area contributed by atoms with Crippen LogP contribution in [0.15, 0.2) is 12.1 Å². The number of aryl methyl sites for hydroxylation is 1. The Labute approximate surface area is 168 Å². The van der Waals surface area contributed by atoms with E-state index < -0.39 is 9.84 Å². The summed E-state index contributed by atoms with van der Waals surface area (Å²) < 4.78 is 36.0. The molecule has 1 amide bonds. The Kier molecular flexibility index (Phi) is 4.68. The molecule has 1 fully saturated rings. The largest absolute Gasteiger partial charge is 0.502 e. The Balaban J connectivity index is 1.83. The lowest BCUT2D eigenvalue weighted by Crippen LogP contribution is -2.26. The van der Waals surface area contributed by atoms with Crippen molar-refractivity contribution < 1.29 is 27.8 Å². The highest BCUT2D eigenvalue weighted by molar-refractivity contribution is 7.91. The maximum atomic E-state index is 12.5. The monoisotopic (exact) mass is 421 g/mol. The van der Waals surface area contributed by atoms with Crippen molar-refractivity contribution in [2.75, 3.05) is 31.0 Å². The van der Waals surface area contributed by atoms with Gasteiger partial charge in [0.1, 0.15) is 5.82 Å². The van der Waals surface area contributed by atoms with Gasteiger partial charge in [-0.1, -0.05) is 0 Å². The molecule has 2 aromatic rings. The molecule has 156 valence electrons. The number of ether oxygens (including phenoxy) is 2. The SMILES string of the molecule is COc1cc([C@@H]2CC(=O)Nc3c2c(C)nn3[C@@H]2CCS(=O)(=O)C2)cc(OC)c1O. The van der Waals surface area contributed by atoms with Gasteiger partial charge in [0.25, 0.3) is 0 Å². The lowest BCUT2D eigenvalue weighted by atomic mass is 9.85. The summed E-state index contributed by atoms with van der Waals surface area (Å²) in [4.78, 5) is 12.5. The zero-order valence-corrected chi connectivity index (χ0v) is 17.2. The molecule has 10 heteroatoms. The highest BCUT2D eigenvalue weighted by atomic mass is 32.2. The number of phenols is 1. The minimum atomic E-state index is -3.10. The maximum Gasteiger partial charge on any atom is 0.226 e. The predicted molar refractivity (Wildman–Crippen MR) is 106 cm³/mol. The Bertz CT molecular complexity index is 1070. The Hall–Kier alpha value is -2.75. The molecule has 29 heavy (non-hydrogen) atoms. The topological polar surface area (TPSA) is 120 Å². The van der Waals surface area contributed by atoms with Crippen molar-refractivity contribution in [2.24, 2.45) is 0 Å². The first-order valence-corrected chi connectivity index (χ1v) is 11.1. The molecule has 4 rings (SSSR count). The number of anilines is 1. The van der Waals surface area contributed by atoms with Gasteiger partial charge in [-0.15, -0.1) is 0 Å². The van der Waals surface area contributed by atoms with Crippen molar-refractivity contribution in [1.29, 1.82) is 0 Å². The molecule has 1 aromatic heterocycles. The predicted octanol–water partition coefficient (Wildman–Crippen LogP) is 1.75. The van der Waals surface area contributed by atoms with Crippen LogP contribution >= 0.6 is 0 Å². The molecule has 3 heterocycles. The zero-order valence-electron chi connectivity index (χ0n) is 16.4. The molecule has 0 spiro atoms. The number of benzene rings is 1. The number of carbonyl (C=O) groups excluding carboxylic acids is 1. The van der Waals surface area contributed by atoms with E-state index in [1.807, 2.05) is 6.92 Å². The van der Waals surface area contributed by atoms with Crippen LogP contribution in [0.2, 0.25) is 0 Å². The van der Waals surface area contributed by atoms with Crippen LogP contribution in [-0.4, -0.2) is 54.9 Å².